The summed E-state index contributed by atoms with van der Waals surface area (Å²) in [4.78, 5) is 0. The Hall–Kier alpha value is -4.35. The van der Waals surface area contributed by atoms with Crippen LogP contribution in [-0.4, -0.2) is 4.30 Å². The number of fused-ring (bicyclic) bond motifs is 3. The van der Waals surface area contributed by atoms with Gasteiger partial charge in [0.1, 0.15) is 11.6 Å². The van der Waals surface area contributed by atoms with Crippen molar-refractivity contribution in [3.63, 3.8) is 0 Å². The summed E-state index contributed by atoms with van der Waals surface area (Å²) in [6, 6.07) is 42.1. The van der Waals surface area contributed by atoms with E-state index in [1.165, 1.54) is 24.3 Å². The topological polar surface area (TPSA) is 52.0 Å². The summed E-state index contributed by atoms with van der Waals surface area (Å²) < 4.78 is 26.8. The molecular formula is C38H27Cl3F2N2. The second kappa shape index (κ2) is 12.6. The Morgan fingerprint density at radius 3 is 1.09 bits per heavy atom. The number of halogens is 5. The van der Waals surface area contributed by atoms with Gasteiger partial charge in [-0.25, -0.2) is 8.78 Å². The van der Waals surface area contributed by atoms with Crippen LogP contribution >= 0.6 is 34.8 Å². The van der Waals surface area contributed by atoms with E-state index in [2.05, 4.69) is 60.7 Å². The maximum atomic E-state index is 13.8. The van der Waals surface area contributed by atoms with Crippen molar-refractivity contribution in [1.82, 2.24) is 0 Å². The molecular weight excluding hydrogens is 629 g/mol. The van der Waals surface area contributed by atoms with E-state index < -0.39 is 9.71 Å². The number of hydrogen-bond donors (Lipinski definition) is 2. The molecule has 1 aliphatic rings. The molecule has 224 valence electrons. The van der Waals surface area contributed by atoms with E-state index in [0.717, 1.165) is 55.6 Å². The highest BCUT2D eigenvalue weighted by Crippen LogP contribution is 2.57. The lowest BCUT2D eigenvalue weighted by molar-refractivity contribution is 0.627. The van der Waals surface area contributed by atoms with E-state index >= 15 is 0 Å². The molecule has 0 heterocycles. The van der Waals surface area contributed by atoms with Crippen LogP contribution in [0.5, 0.6) is 0 Å². The fourth-order valence-electron chi connectivity index (χ4n) is 6.22. The second-order valence-corrected chi connectivity index (χ2v) is 12.8. The van der Waals surface area contributed by atoms with Gasteiger partial charge in [-0.15, -0.1) is 0 Å². The molecule has 7 rings (SSSR count). The van der Waals surface area contributed by atoms with E-state index in [-0.39, 0.29) is 11.6 Å². The van der Waals surface area contributed by atoms with Crippen LogP contribution in [0, 0.1) is 11.6 Å². The van der Waals surface area contributed by atoms with E-state index in [1.54, 1.807) is 24.3 Å². The van der Waals surface area contributed by atoms with Crippen molar-refractivity contribution in [2.75, 3.05) is 11.5 Å². The molecule has 0 radical (unpaired) electrons. The van der Waals surface area contributed by atoms with Gasteiger partial charge in [0.25, 0.3) is 0 Å². The van der Waals surface area contributed by atoms with Crippen LogP contribution in [0.3, 0.4) is 0 Å². The highest BCUT2D eigenvalue weighted by atomic mass is 35.6. The number of rotatable bonds is 4. The summed E-state index contributed by atoms with van der Waals surface area (Å²) in [5.74, 6) is -0.539. The van der Waals surface area contributed by atoms with Crippen molar-refractivity contribution in [2.24, 2.45) is 0 Å². The van der Waals surface area contributed by atoms with Gasteiger partial charge in [0.15, 0.2) is 4.30 Å². The van der Waals surface area contributed by atoms with Gasteiger partial charge in [0, 0.05) is 11.4 Å². The summed E-state index contributed by atoms with van der Waals surface area (Å²) in [5.41, 5.74) is 23.4. The monoisotopic (exact) mass is 654 g/mol. The number of hydrogen-bond acceptors (Lipinski definition) is 2. The van der Waals surface area contributed by atoms with Crippen LogP contribution < -0.4 is 11.5 Å². The Kier molecular flexibility index (Phi) is 8.56. The molecule has 0 saturated heterocycles. The van der Waals surface area contributed by atoms with Crippen molar-refractivity contribution in [2.45, 2.75) is 9.71 Å². The first-order valence-corrected chi connectivity index (χ1v) is 15.4. The average Bonchev–Trinajstić information content (AvgIpc) is 3.32. The fraction of sp³-hybridized carbons (Fsp3) is 0.0526. The second-order valence-electron chi connectivity index (χ2n) is 10.8. The van der Waals surface area contributed by atoms with Crippen LogP contribution in [0.4, 0.5) is 20.2 Å². The molecule has 0 aliphatic heterocycles. The summed E-state index contributed by atoms with van der Waals surface area (Å²) >= 11 is 14.4. The predicted molar refractivity (Wildman–Crippen MR) is 185 cm³/mol. The lowest BCUT2D eigenvalue weighted by Gasteiger charge is -2.34. The van der Waals surface area contributed by atoms with Crippen molar-refractivity contribution in [3.05, 3.63) is 167 Å². The number of nitrogen functional groups attached to an aromatic ring is 2. The summed E-state index contributed by atoms with van der Waals surface area (Å²) in [6.45, 7) is 0. The van der Waals surface area contributed by atoms with Gasteiger partial charge in [-0.3, -0.25) is 0 Å². The molecule has 0 saturated carbocycles. The third-order valence-electron chi connectivity index (χ3n) is 8.18. The van der Waals surface area contributed by atoms with Crippen LogP contribution in [0.1, 0.15) is 22.3 Å². The Morgan fingerprint density at radius 1 is 0.444 bits per heavy atom. The quantitative estimate of drug-likeness (QED) is 0.146. The van der Waals surface area contributed by atoms with Crippen molar-refractivity contribution in [1.29, 1.82) is 0 Å². The zero-order chi connectivity index (χ0) is 31.7. The van der Waals surface area contributed by atoms with Crippen LogP contribution in [0.15, 0.2) is 133 Å². The minimum Gasteiger partial charge on any atom is -0.399 e. The van der Waals surface area contributed by atoms with E-state index in [4.69, 9.17) is 46.3 Å². The zero-order valence-corrected chi connectivity index (χ0v) is 26.1. The Balaban J connectivity index is 0.000000845. The number of anilines is 2. The predicted octanol–water partition coefficient (Wildman–Crippen LogP) is 10.8. The molecule has 0 fully saturated rings. The van der Waals surface area contributed by atoms with Gasteiger partial charge in [-0.2, -0.15) is 0 Å². The van der Waals surface area contributed by atoms with Crippen LogP contribution in [0.2, 0.25) is 0 Å². The smallest absolute Gasteiger partial charge is 0.180 e. The largest absolute Gasteiger partial charge is 0.399 e. The molecule has 45 heavy (non-hydrogen) atoms. The zero-order valence-electron chi connectivity index (χ0n) is 23.8. The first-order chi connectivity index (χ1) is 21.7. The maximum Gasteiger partial charge on any atom is 0.180 e. The first kappa shape index (κ1) is 30.7. The highest BCUT2D eigenvalue weighted by Gasteiger charge is 2.46. The van der Waals surface area contributed by atoms with Gasteiger partial charge >= 0.3 is 0 Å². The molecule has 0 bridgehead atoms. The third-order valence-corrected chi connectivity index (χ3v) is 8.18. The summed E-state index contributed by atoms with van der Waals surface area (Å²) in [5, 5.41) is 0. The SMILES string of the molecule is ClC(Cl)Cl.Nc1ccc(C2(c3ccc(N)cc3)c3cc(-c4ccc(F)cc4)ccc3-c3ccc(-c4ccc(F)cc4)cc32)cc1. The molecule has 6 aromatic rings. The van der Waals surface area contributed by atoms with Crippen molar-refractivity contribution in [3.8, 4) is 33.4 Å². The van der Waals surface area contributed by atoms with Crippen molar-refractivity contribution < 1.29 is 8.78 Å². The molecule has 7 heteroatoms. The van der Waals surface area contributed by atoms with Crippen LogP contribution in [0.25, 0.3) is 33.4 Å². The minimum atomic E-state index is -0.750. The fourth-order valence-corrected chi connectivity index (χ4v) is 6.22. The van der Waals surface area contributed by atoms with Gasteiger partial charge in [0.2, 0.25) is 0 Å². The molecule has 4 N–H and O–H groups in total. The van der Waals surface area contributed by atoms with Gasteiger partial charge in [0.05, 0.1) is 5.41 Å². The average molecular weight is 656 g/mol. The molecule has 0 amide bonds. The number of nitrogens with two attached hydrogens (primary N) is 2. The molecule has 2 nitrogen and oxygen atoms in total. The van der Waals surface area contributed by atoms with Gasteiger partial charge < -0.3 is 11.5 Å². The number of benzene rings is 6. The normalized spacial score (nSPS) is 12.7. The van der Waals surface area contributed by atoms with Gasteiger partial charge in [-0.05, 0) is 116 Å². The lowest BCUT2D eigenvalue weighted by Crippen LogP contribution is -2.28. The van der Waals surface area contributed by atoms with E-state index in [9.17, 15) is 8.78 Å². The number of alkyl halides is 3. The van der Waals surface area contributed by atoms with E-state index in [0.29, 0.717) is 11.4 Å². The minimum absolute atomic E-state index is 0.270. The Morgan fingerprint density at radius 2 is 0.756 bits per heavy atom. The summed E-state index contributed by atoms with van der Waals surface area (Å²) in [6.07, 6.45) is 0. The molecule has 0 spiro atoms. The highest BCUT2D eigenvalue weighted by molar-refractivity contribution is 6.63. The molecule has 6 aromatic carbocycles. The standard InChI is InChI=1S/C37H26F2N2.CHCl3/c38-29-11-1-23(2-12-29)25-5-19-33-34-20-6-26(24-3-13-30(39)14-4-24)22-36(34)37(35(33)21-25,27-7-15-31(40)16-8-27)28-9-17-32(41)18-10-28;2-1(3)4/h1-22H,40-41H2;1H. The Labute approximate surface area is 275 Å². The van der Waals surface area contributed by atoms with E-state index in [1.807, 2.05) is 24.3 Å². The third kappa shape index (κ3) is 5.89. The first-order valence-electron chi connectivity index (χ1n) is 14.1. The lowest BCUT2D eigenvalue weighted by atomic mass is 9.67. The van der Waals surface area contributed by atoms with Crippen molar-refractivity contribution >= 4 is 46.2 Å². The van der Waals surface area contributed by atoms with Crippen LogP contribution in [-0.2, 0) is 5.41 Å². The van der Waals surface area contributed by atoms with Gasteiger partial charge in [-0.1, -0.05) is 108 Å². The summed E-state index contributed by atoms with van der Waals surface area (Å²) in [7, 11) is 0. The molecule has 0 unspecified atom stereocenters. The Bertz CT molecular complexity index is 1810. The molecule has 0 aromatic heterocycles. The molecule has 0 atom stereocenters. The molecule has 1 aliphatic carbocycles. The maximum absolute atomic E-state index is 13.8.